The van der Waals surface area contributed by atoms with Gasteiger partial charge in [-0.05, 0) is 25.5 Å². The van der Waals surface area contributed by atoms with Crippen LogP contribution in [0.3, 0.4) is 0 Å². The number of nitrogens with zero attached hydrogens (tertiary/aromatic N) is 1. The van der Waals surface area contributed by atoms with Gasteiger partial charge in [0.2, 0.25) is 0 Å². The molecule has 5 nitrogen and oxygen atoms in total. The molecule has 0 unspecified atom stereocenters. The summed E-state index contributed by atoms with van der Waals surface area (Å²) in [4.78, 5) is 28.1. The van der Waals surface area contributed by atoms with Gasteiger partial charge in [-0.2, -0.15) is 0 Å². The Bertz CT molecular complexity index is 489. The Morgan fingerprint density at radius 1 is 1.55 bits per heavy atom. The predicted molar refractivity (Wildman–Crippen MR) is 75.2 cm³/mol. The van der Waals surface area contributed by atoms with Gasteiger partial charge in [0.1, 0.15) is 5.82 Å². The predicted octanol–water partition coefficient (Wildman–Crippen LogP) is 2.18. The molecule has 0 aromatic carbocycles. The van der Waals surface area contributed by atoms with E-state index in [1.807, 2.05) is 19.1 Å². The summed E-state index contributed by atoms with van der Waals surface area (Å²) < 4.78 is 5.32. The van der Waals surface area contributed by atoms with Gasteiger partial charge in [0, 0.05) is 12.6 Å². The highest BCUT2D eigenvalue weighted by Crippen LogP contribution is 2.34. The van der Waals surface area contributed by atoms with Crippen molar-refractivity contribution in [2.24, 2.45) is 5.92 Å². The van der Waals surface area contributed by atoms with Crippen molar-refractivity contribution in [3.63, 3.8) is 0 Å². The van der Waals surface area contributed by atoms with Crippen molar-refractivity contribution in [2.75, 3.05) is 11.9 Å². The Morgan fingerprint density at radius 2 is 2.35 bits per heavy atom. The van der Waals surface area contributed by atoms with E-state index in [0.29, 0.717) is 12.2 Å². The van der Waals surface area contributed by atoms with E-state index >= 15 is 0 Å². The summed E-state index contributed by atoms with van der Waals surface area (Å²) in [6.07, 6.45) is 3.81. The first kappa shape index (κ1) is 14.5. The summed E-state index contributed by atoms with van der Waals surface area (Å²) in [6.45, 7) is 3.83. The molecule has 1 aliphatic heterocycles. The highest BCUT2D eigenvalue weighted by Gasteiger charge is 2.47. The SMILES string of the molecule is CCC[C@@H]1C[C@@](C)(C(=O)CNc2ccccn2)OC1=O. The number of aromatic nitrogens is 1. The Labute approximate surface area is 118 Å². The normalized spacial score (nSPS) is 25.3. The van der Waals surface area contributed by atoms with Crippen molar-refractivity contribution in [1.29, 1.82) is 0 Å². The number of ether oxygens (including phenoxy) is 1. The molecule has 1 aromatic rings. The molecule has 2 atom stereocenters. The van der Waals surface area contributed by atoms with Crippen molar-refractivity contribution in [2.45, 2.75) is 38.7 Å². The zero-order chi connectivity index (χ0) is 14.6. The fourth-order valence-corrected chi connectivity index (χ4v) is 2.46. The van der Waals surface area contributed by atoms with E-state index < -0.39 is 5.60 Å². The number of anilines is 1. The van der Waals surface area contributed by atoms with Crippen LogP contribution in [0.2, 0.25) is 0 Å². The standard InChI is InChI=1S/C15H20N2O3/c1-3-6-11-9-15(2,20-14(11)19)12(18)10-17-13-7-4-5-8-16-13/h4-5,7-8,11H,3,6,9-10H2,1-2H3,(H,16,17)/t11-,15+/m1/s1. The average Bonchev–Trinajstić information content (AvgIpc) is 2.74. The molecular weight excluding hydrogens is 256 g/mol. The van der Waals surface area contributed by atoms with Gasteiger partial charge in [0.25, 0.3) is 0 Å². The molecule has 20 heavy (non-hydrogen) atoms. The van der Waals surface area contributed by atoms with Crippen LogP contribution in [0, 0.1) is 5.92 Å². The molecule has 1 N–H and O–H groups in total. The van der Waals surface area contributed by atoms with Crippen LogP contribution < -0.4 is 5.32 Å². The van der Waals surface area contributed by atoms with E-state index in [1.165, 1.54) is 0 Å². The molecule has 5 heteroatoms. The minimum absolute atomic E-state index is 0.111. The van der Waals surface area contributed by atoms with Gasteiger partial charge >= 0.3 is 5.97 Å². The smallest absolute Gasteiger partial charge is 0.310 e. The molecule has 0 spiro atoms. The zero-order valence-corrected chi connectivity index (χ0v) is 11.9. The monoisotopic (exact) mass is 276 g/mol. The van der Waals surface area contributed by atoms with Gasteiger partial charge in [0.15, 0.2) is 11.4 Å². The molecule has 1 aliphatic rings. The summed E-state index contributed by atoms with van der Waals surface area (Å²) in [5.74, 6) is 0.123. The molecule has 0 saturated carbocycles. The maximum Gasteiger partial charge on any atom is 0.310 e. The summed E-state index contributed by atoms with van der Waals surface area (Å²) in [6, 6.07) is 5.44. The van der Waals surface area contributed by atoms with Gasteiger partial charge in [-0.25, -0.2) is 4.98 Å². The Kier molecular flexibility index (Phi) is 4.37. The number of ketones is 1. The van der Waals surface area contributed by atoms with Crippen molar-refractivity contribution >= 4 is 17.6 Å². The lowest BCUT2D eigenvalue weighted by Crippen LogP contribution is -2.39. The number of rotatable bonds is 6. The van der Waals surface area contributed by atoms with Gasteiger partial charge in [-0.15, -0.1) is 0 Å². The van der Waals surface area contributed by atoms with Crippen molar-refractivity contribution < 1.29 is 14.3 Å². The molecule has 0 aliphatic carbocycles. The number of Topliss-reactive ketones (excluding diaryl/α,β-unsaturated/α-hetero) is 1. The third-order valence-corrected chi connectivity index (χ3v) is 3.62. The number of cyclic esters (lactones) is 1. The number of hydrogen-bond donors (Lipinski definition) is 1. The average molecular weight is 276 g/mol. The lowest BCUT2D eigenvalue weighted by atomic mass is 9.89. The number of carbonyl (C=O) groups excluding carboxylic acids is 2. The van der Waals surface area contributed by atoms with Gasteiger partial charge in [0.05, 0.1) is 12.5 Å². The van der Waals surface area contributed by atoms with E-state index in [-0.39, 0.29) is 24.2 Å². The fourth-order valence-electron chi connectivity index (χ4n) is 2.46. The molecule has 0 amide bonds. The van der Waals surface area contributed by atoms with E-state index in [4.69, 9.17) is 4.74 Å². The second kappa shape index (κ2) is 6.03. The topological polar surface area (TPSA) is 68.3 Å². The van der Waals surface area contributed by atoms with Gasteiger partial charge in [-0.3, -0.25) is 9.59 Å². The Hall–Kier alpha value is -1.91. The number of pyridine rings is 1. The van der Waals surface area contributed by atoms with E-state index in [0.717, 1.165) is 12.8 Å². The van der Waals surface area contributed by atoms with Crippen LogP contribution in [0.25, 0.3) is 0 Å². The van der Waals surface area contributed by atoms with Crippen molar-refractivity contribution in [1.82, 2.24) is 4.98 Å². The van der Waals surface area contributed by atoms with Crippen molar-refractivity contribution in [3.8, 4) is 0 Å². The van der Waals surface area contributed by atoms with Crippen LogP contribution in [0.15, 0.2) is 24.4 Å². The number of nitrogens with one attached hydrogen (secondary N) is 1. The highest BCUT2D eigenvalue weighted by atomic mass is 16.6. The fraction of sp³-hybridized carbons (Fsp3) is 0.533. The lowest BCUT2D eigenvalue weighted by Gasteiger charge is -2.21. The highest BCUT2D eigenvalue weighted by molar-refractivity contribution is 5.94. The summed E-state index contributed by atoms with van der Waals surface area (Å²) in [5.41, 5.74) is -1.00. The van der Waals surface area contributed by atoms with Crippen LogP contribution in [0.1, 0.15) is 33.1 Å². The summed E-state index contributed by atoms with van der Waals surface area (Å²) in [7, 11) is 0. The van der Waals surface area contributed by atoms with E-state index in [1.54, 1.807) is 19.2 Å². The Balaban J connectivity index is 1.94. The third kappa shape index (κ3) is 3.15. The van der Waals surface area contributed by atoms with Crippen molar-refractivity contribution in [3.05, 3.63) is 24.4 Å². The minimum atomic E-state index is -1.00. The lowest BCUT2D eigenvalue weighted by molar-refractivity contribution is -0.156. The molecular formula is C15H20N2O3. The molecule has 0 radical (unpaired) electrons. The summed E-state index contributed by atoms with van der Waals surface area (Å²) in [5, 5.41) is 2.96. The number of carbonyl (C=O) groups is 2. The molecule has 1 fully saturated rings. The molecule has 1 saturated heterocycles. The molecule has 2 heterocycles. The van der Waals surface area contributed by atoms with Crippen LogP contribution >= 0.6 is 0 Å². The maximum absolute atomic E-state index is 12.3. The van der Waals surface area contributed by atoms with E-state index in [2.05, 4.69) is 10.3 Å². The van der Waals surface area contributed by atoms with Crippen LogP contribution in [-0.2, 0) is 14.3 Å². The maximum atomic E-state index is 12.3. The zero-order valence-electron chi connectivity index (χ0n) is 11.9. The molecule has 1 aromatic heterocycles. The third-order valence-electron chi connectivity index (χ3n) is 3.62. The Morgan fingerprint density at radius 3 is 3.00 bits per heavy atom. The molecule has 2 rings (SSSR count). The first-order valence-electron chi connectivity index (χ1n) is 6.96. The van der Waals surface area contributed by atoms with Crippen LogP contribution in [0.5, 0.6) is 0 Å². The number of hydrogen-bond acceptors (Lipinski definition) is 5. The quantitative estimate of drug-likeness (QED) is 0.807. The van der Waals surface area contributed by atoms with Crippen LogP contribution in [0.4, 0.5) is 5.82 Å². The van der Waals surface area contributed by atoms with E-state index in [9.17, 15) is 9.59 Å². The van der Waals surface area contributed by atoms with Gasteiger partial charge in [-0.1, -0.05) is 19.4 Å². The molecule has 0 bridgehead atoms. The molecule has 108 valence electrons. The van der Waals surface area contributed by atoms with Gasteiger partial charge < -0.3 is 10.1 Å². The second-order valence-corrected chi connectivity index (χ2v) is 5.33. The second-order valence-electron chi connectivity index (χ2n) is 5.33. The minimum Gasteiger partial charge on any atom is -0.451 e. The summed E-state index contributed by atoms with van der Waals surface area (Å²) >= 11 is 0. The number of esters is 1. The first-order valence-corrected chi connectivity index (χ1v) is 6.96. The first-order chi connectivity index (χ1) is 9.55. The van der Waals surface area contributed by atoms with Crippen LogP contribution in [-0.4, -0.2) is 28.9 Å². The largest absolute Gasteiger partial charge is 0.451 e.